The SMILES string of the molecule is C[C@H](CC[C@H](O)C(C)(C)O)C1CC[C@@]2(C)C3=C(CCC12C)C1(C)CCC(=O)C(C)(C)C1CC3=O. The van der Waals surface area contributed by atoms with Crippen LogP contribution in [0.25, 0.3) is 0 Å². The summed E-state index contributed by atoms with van der Waals surface area (Å²) in [6.07, 6.45) is 7.01. The van der Waals surface area contributed by atoms with Gasteiger partial charge in [-0.3, -0.25) is 9.59 Å². The van der Waals surface area contributed by atoms with E-state index in [4.69, 9.17) is 0 Å². The number of ketones is 2. The Balaban J connectivity index is 1.66. The van der Waals surface area contributed by atoms with Crippen LogP contribution in [0, 0.1) is 39.4 Å². The van der Waals surface area contributed by atoms with Crippen LogP contribution in [0.15, 0.2) is 11.1 Å². The van der Waals surface area contributed by atoms with Gasteiger partial charge in [-0.25, -0.2) is 0 Å². The second-order valence-electron chi connectivity index (χ2n) is 14.2. The van der Waals surface area contributed by atoms with E-state index >= 15 is 0 Å². The summed E-state index contributed by atoms with van der Waals surface area (Å²) in [5.74, 6) is 1.67. The van der Waals surface area contributed by atoms with E-state index in [1.807, 2.05) is 0 Å². The van der Waals surface area contributed by atoms with E-state index in [0.29, 0.717) is 42.7 Å². The van der Waals surface area contributed by atoms with Gasteiger partial charge in [0.2, 0.25) is 0 Å². The zero-order valence-corrected chi connectivity index (χ0v) is 22.9. The van der Waals surface area contributed by atoms with Crippen LogP contribution in [0.5, 0.6) is 0 Å². The maximum atomic E-state index is 13.9. The van der Waals surface area contributed by atoms with Crippen molar-refractivity contribution in [2.24, 2.45) is 39.4 Å². The van der Waals surface area contributed by atoms with E-state index in [1.54, 1.807) is 13.8 Å². The number of hydrogen-bond donors (Lipinski definition) is 2. The van der Waals surface area contributed by atoms with Crippen molar-refractivity contribution in [2.75, 3.05) is 0 Å². The number of fused-ring (bicyclic) bond motifs is 4. The predicted molar refractivity (Wildman–Crippen MR) is 135 cm³/mol. The Morgan fingerprint density at radius 1 is 1.00 bits per heavy atom. The summed E-state index contributed by atoms with van der Waals surface area (Å²) in [4.78, 5) is 26.7. The van der Waals surface area contributed by atoms with Gasteiger partial charge in [-0.05, 0) is 87.4 Å². The van der Waals surface area contributed by atoms with Crippen molar-refractivity contribution in [1.82, 2.24) is 0 Å². The van der Waals surface area contributed by atoms with Crippen LogP contribution in [0.3, 0.4) is 0 Å². The molecular formula is C30H48O4. The number of aliphatic hydroxyl groups excluding tert-OH is 1. The summed E-state index contributed by atoms with van der Waals surface area (Å²) >= 11 is 0. The molecule has 7 atom stereocenters. The van der Waals surface area contributed by atoms with Gasteiger partial charge in [-0.15, -0.1) is 0 Å². The second kappa shape index (κ2) is 8.00. The molecule has 192 valence electrons. The van der Waals surface area contributed by atoms with Crippen molar-refractivity contribution in [1.29, 1.82) is 0 Å². The number of carbonyl (C=O) groups is 2. The molecule has 4 heteroatoms. The molecular weight excluding hydrogens is 424 g/mol. The molecule has 0 aromatic rings. The smallest absolute Gasteiger partial charge is 0.159 e. The van der Waals surface area contributed by atoms with Gasteiger partial charge in [0.15, 0.2) is 5.78 Å². The summed E-state index contributed by atoms with van der Waals surface area (Å²) in [6, 6.07) is 0. The third kappa shape index (κ3) is 3.52. The van der Waals surface area contributed by atoms with Crippen molar-refractivity contribution in [3.8, 4) is 0 Å². The van der Waals surface area contributed by atoms with Crippen molar-refractivity contribution < 1.29 is 19.8 Å². The highest BCUT2D eigenvalue weighted by molar-refractivity contribution is 6.00. The fraction of sp³-hybridized carbons (Fsp3) is 0.867. The largest absolute Gasteiger partial charge is 0.390 e. The molecule has 2 fully saturated rings. The van der Waals surface area contributed by atoms with Crippen molar-refractivity contribution in [3.63, 3.8) is 0 Å². The summed E-state index contributed by atoms with van der Waals surface area (Å²) in [6.45, 7) is 16.9. The quantitative estimate of drug-likeness (QED) is 0.512. The van der Waals surface area contributed by atoms with Crippen molar-refractivity contribution in [3.05, 3.63) is 11.1 Å². The molecule has 0 aliphatic heterocycles. The number of hydrogen-bond acceptors (Lipinski definition) is 4. The lowest BCUT2D eigenvalue weighted by Crippen LogP contribution is -2.56. The molecule has 0 aromatic carbocycles. The fourth-order valence-corrected chi connectivity index (χ4v) is 9.10. The Kier molecular flexibility index (Phi) is 6.14. The molecule has 2 saturated carbocycles. The van der Waals surface area contributed by atoms with Gasteiger partial charge in [-0.2, -0.15) is 0 Å². The monoisotopic (exact) mass is 472 g/mol. The van der Waals surface area contributed by atoms with Crippen LogP contribution in [0.4, 0.5) is 0 Å². The summed E-state index contributed by atoms with van der Waals surface area (Å²) in [7, 11) is 0. The van der Waals surface area contributed by atoms with Crippen molar-refractivity contribution >= 4 is 11.6 Å². The molecule has 0 spiro atoms. The Labute approximate surface area is 207 Å². The van der Waals surface area contributed by atoms with Crippen LogP contribution < -0.4 is 0 Å². The molecule has 0 amide bonds. The van der Waals surface area contributed by atoms with Crippen molar-refractivity contribution in [2.45, 2.75) is 125 Å². The molecule has 0 saturated heterocycles. The molecule has 34 heavy (non-hydrogen) atoms. The molecule has 4 nitrogen and oxygen atoms in total. The lowest BCUT2D eigenvalue weighted by Gasteiger charge is -2.60. The average molecular weight is 473 g/mol. The first-order chi connectivity index (χ1) is 15.5. The first-order valence-corrected chi connectivity index (χ1v) is 13.7. The van der Waals surface area contributed by atoms with Crippen LogP contribution in [0.2, 0.25) is 0 Å². The molecule has 0 heterocycles. The molecule has 0 radical (unpaired) electrons. The number of aliphatic hydroxyl groups is 2. The number of allylic oxidation sites excluding steroid dienone is 2. The molecule has 4 aliphatic carbocycles. The van der Waals surface area contributed by atoms with Gasteiger partial charge in [0, 0.05) is 29.2 Å². The van der Waals surface area contributed by atoms with E-state index < -0.39 is 17.1 Å². The fourth-order valence-electron chi connectivity index (χ4n) is 9.10. The van der Waals surface area contributed by atoms with Crippen LogP contribution in [0.1, 0.15) is 113 Å². The first-order valence-electron chi connectivity index (χ1n) is 13.7. The number of rotatable bonds is 5. The molecule has 0 bridgehead atoms. The van der Waals surface area contributed by atoms with Crippen LogP contribution >= 0.6 is 0 Å². The van der Waals surface area contributed by atoms with E-state index in [-0.39, 0.29) is 22.2 Å². The molecule has 0 aromatic heterocycles. The average Bonchev–Trinajstić information content (AvgIpc) is 3.01. The van der Waals surface area contributed by atoms with Gasteiger partial charge in [0.1, 0.15) is 5.78 Å². The lowest BCUT2D eigenvalue weighted by atomic mass is 9.43. The highest BCUT2D eigenvalue weighted by atomic mass is 16.3. The summed E-state index contributed by atoms with van der Waals surface area (Å²) in [5, 5.41) is 20.5. The van der Waals surface area contributed by atoms with Gasteiger partial charge >= 0.3 is 0 Å². The standard InChI is InChI=1S/C30H48O4/c1-18(9-10-24(33)27(4,5)34)19-11-16-30(8)25-20(12-15-29(19,30)7)28(6)14-13-23(32)26(2,3)22(28)17-21(25)31/h18-19,22,24,33-34H,9-17H2,1-8H3/t18-,19?,22?,24+,28?,29?,30+/m1/s1. The number of carbonyl (C=O) groups excluding carboxylic acids is 2. The number of Topliss-reactive ketones (excluding diaryl/α,β-unsaturated/α-hetero) is 2. The topological polar surface area (TPSA) is 74.6 Å². The highest BCUT2D eigenvalue weighted by Crippen LogP contribution is 2.71. The predicted octanol–water partition coefficient (Wildman–Crippen LogP) is 6.03. The van der Waals surface area contributed by atoms with E-state index in [1.165, 1.54) is 5.57 Å². The first kappa shape index (κ1) is 26.1. The van der Waals surface area contributed by atoms with Crippen LogP contribution in [-0.4, -0.2) is 33.5 Å². The highest BCUT2D eigenvalue weighted by Gasteiger charge is 2.65. The molecule has 2 N–H and O–H groups in total. The van der Waals surface area contributed by atoms with E-state index in [2.05, 4.69) is 41.5 Å². The third-order valence-corrected chi connectivity index (χ3v) is 11.8. The van der Waals surface area contributed by atoms with Gasteiger partial charge in [0.25, 0.3) is 0 Å². The van der Waals surface area contributed by atoms with E-state index in [9.17, 15) is 19.8 Å². The third-order valence-electron chi connectivity index (χ3n) is 11.8. The summed E-state index contributed by atoms with van der Waals surface area (Å²) in [5.41, 5.74) is 0.905. The molecule has 4 unspecified atom stereocenters. The maximum Gasteiger partial charge on any atom is 0.159 e. The molecule has 4 rings (SSSR count). The Morgan fingerprint density at radius 2 is 1.65 bits per heavy atom. The minimum Gasteiger partial charge on any atom is -0.390 e. The Bertz CT molecular complexity index is 907. The zero-order chi connectivity index (χ0) is 25.5. The second-order valence-corrected chi connectivity index (χ2v) is 14.2. The van der Waals surface area contributed by atoms with Crippen LogP contribution in [-0.2, 0) is 9.59 Å². The lowest BCUT2D eigenvalue weighted by molar-refractivity contribution is -0.142. The zero-order valence-electron chi connectivity index (χ0n) is 22.9. The van der Waals surface area contributed by atoms with E-state index in [0.717, 1.165) is 44.1 Å². The van der Waals surface area contributed by atoms with Gasteiger partial charge in [0.05, 0.1) is 11.7 Å². The minimum atomic E-state index is -1.08. The van der Waals surface area contributed by atoms with Gasteiger partial charge < -0.3 is 10.2 Å². The van der Waals surface area contributed by atoms with Gasteiger partial charge in [-0.1, -0.05) is 47.1 Å². The Hall–Kier alpha value is -1.00. The molecule has 4 aliphatic rings. The Morgan fingerprint density at radius 3 is 2.26 bits per heavy atom. The summed E-state index contributed by atoms with van der Waals surface area (Å²) < 4.78 is 0. The minimum absolute atomic E-state index is 0.0501. The maximum absolute atomic E-state index is 13.9. The normalized spacial score (nSPS) is 41.6.